The van der Waals surface area contributed by atoms with Crippen molar-refractivity contribution in [2.45, 2.75) is 39.5 Å². The Balaban J connectivity index is 1.71. The molecule has 0 radical (unpaired) electrons. The maximum atomic E-state index is 12.9. The van der Waals surface area contributed by atoms with E-state index >= 15 is 0 Å². The second-order valence-electron chi connectivity index (χ2n) is 6.94. The SMILES string of the molecule is CCOCc1ccccc1CNC(=O)C(Cc1c[nH]c2ccccc12)NC(C)=O. The number of hydrogen-bond acceptors (Lipinski definition) is 3. The van der Waals surface area contributed by atoms with Gasteiger partial charge in [-0.3, -0.25) is 9.59 Å². The quantitative estimate of drug-likeness (QED) is 0.522. The molecule has 3 aromatic rings. The van der Waals surface area contributed by atoms with Crippen LogP contribution in [0.4, 0.5) is 0 Å². The highest BCUT2D eigenvalue weighted by molar-refractivity contribution is 5.89. The predicted octanol–water partition coefficient (Wildman–Crippen LogP) is 3.07. The highest BCUT2D eigenvalue weighted by Crippen LogP contribution is 2.19. The number of amides is 2. The standard InChI is InChI=1S/C23H27N3O3/c1-3-29-15-18-9-5-4-8-17(18)13-25-23(28)22(26-16(2)27)12-19-14-24-21-11-7-6-10-20(19)21/h4-11,14,22,24H,3,12-13,15H2,1-2H3,(H,25,28)(H,26,27). The molecule has 29 heavy (non-hydrogen) atoms. The Morgan fingerprint density at radius 2 is 1.76 bits per heavy atom. The maximum absolute atomic E-state index is 12.9. The van der Waals surface area contributed by atoms with Gasteiger partial charge < -0.3 is 20.4 Å². The number of aromatic nitrogens is 1. The first-order valence-electron chi connectivity index (χ1n) is 9.82. The van der Waals surface area contributed by atoms with Gasteiger partial charge in [-0.25, -0.2) is 0 Å². The van der Waals surface area contributed by atoms with Crippen LogP contribution in [-0.2, 0) is 33.9 Å². The van der Waals surface area contributed by atoms with Crippen LogP contribution in [-0.4, -0.2) is 29.4 Å². The normalized spacial score (nSPS) is 11.9. The number of H-pyrrole nitrogens is 1. The molecule has 6 nitrogen and oxygen atoms in total. The molecule has 2 aromatic carbocycles. The molecule has 0 aliphatic rings. The van der Waals surface area contributed by atoms with E-state index in [1.807, 2.05) is 61.7 Å². The molecular weight excluding hydrogens is 366 g/mol. The van der Waals surface area contributed by atoms with Crippen molar-refractivity contribution in [2.24, 2.45) is 0 Å². The number of aromatic amines is 1. The number of nitrogens with one attached hydrogen (secondary N) is 3. The molecule has 0 bridgehead atoms. The van der Waals surface area contributed by atoms with Gasteiger partial charge in [0.1, 0.15) is 6.04 Å². The first-order valence-corrected chi connectivity index (χ1v) is 9.82. The van der Waals surface area contributed by atoms with Crippen molar-refractivity contribution in [1.82, 2.24) is 15.6 Å². The zero-order valence-corrected chi connectivity index (χ0v) is 16.8. The molecule has 0 aliphatic carbocycles. The predicted molar refractivity (Wildman–Crippen MR) is 113 cm³/mol. The summed E-state index contributed by atoms with van der Waals surface area (Å²) in [5.74, 6) is -0.446. The van der Waals surface area contributed by atoms with Gasteiger partial charge in [0, 0.05) is 43.6 Å². The molecule has 0 fully saturated rings. The molecule has 0 aliphatic heterocycles. The zero-order chi connectivity index (χ0) is 20.6. The number of fused-ring (bicyclic) bond motifs is 1. The Labute approximate surface area is 170 Å². The van der Waals surface area contributed by atoms with Gasteiger partial charge in [-0.15, -0.1) is 0 Å². The molecule has 152 valence electrons. The van der Waals surface area contributed by atoms with Gasteiger partial charge in [0.05, 0.1) is 6.61 Å². The number of hydrogen-bond donors (Lipinski definition) is 3. The molecule has 3 rings (SSSR count). The number of ether oxygens (including phenoxy) is 1. The van der Waals surface area contributed by atoms with E-state index in [0.717, 1.165) is 27.6 Å². The van der Waals surface area contributed by atoms with E-state index in [4.69, 9.17) is 4.74 Å². The van der Waals surface area contributed by atoms with Crippen LogP contribution in [0.25, 0.3) is 10.9 Å². The van der Waals surface area contributed by atoms with Gasteiger partial charge in [0.2, 0.25) is 11.8 Å². The Morgan fingerprint density at radius 3 is 2.52 bits per heavy atom. The topological polar surface area (TPSA) is 83.2 Å². The summed E-state index contributed by atoms with van der Waals surface area (Å²) in [6.45, 7) is 4.90. The lowest BCUT2D eigenvalue weighted by Crippen LogP contribution is -2.47. The summed E-state index contributed by atoms with van der Waals surface area (Å²) in [6, 6.07) is 15.1. The minimum atomic E-state index is -0.647. The van der Waals surface area contributed by atoms with Gasteiger partial charge in [0.15, 0.2) is 0 Å². The van der Waals surface area contributed by atoms with Crippen molar-refractivity contribution < 1.29 is 14.3 Å². The molecule has 1 unspecified atom stereocenters. The molecule has 0 saturated carbocycles. The largest absolute Gasteiger partial charge is 0.377 e. The smallest absolute Gasteiger partial charge is 0.243 e. The average Bonchev–Trinajstić information content (AvgIpc) is 3.13. The summed E-state index contributed by atoms with van der Waals surface area (Å²) in [5, 5.41) is 6.79. The van der Waals surface area contributed by atoms with E-state index in [-0.39, 0.29) is 11.8 Å². The van der Waals surface area contributed by atoms with Crippen molar-refractivity contribution in [2.75, 3.05) is 6.61 Å². The molecule has 2 amide bonds. The van der Waals surface area contributed by atoms with Crippen LogP contribution in [0, 0.1) is 0 Å². The molecule has 1 heterocycles. The van der Waals surface area contributed by atoms with Crippen LogP contribution < -0.4 is 10.6 Å². The van der Waals surface area contributed by atoms with Crippen LogP contribution in [0.1, 0.15) is 30.5 Å². The van der Waals surface area contributed by atoms with E-state index in [9.17, 15) is 9.59 Å². The maximum Gasteiger partial charge on any atom is 0.243 e. The number of carbonyl (C=O) groups is 2. The van der Waals surface area contributed by atoms with Crippen molar-refractivity contribution >= 4 is 22.7 Å². The summed E-state index contributed by atoms with van der Waals surface area (Å²) in [7, 11) is 0. The first kappa shape index (κ1) is 20.6. The first-order chi connectivity index (χ1) is 14.1. The van der Waals surface area contributed by atoms with Crippen LogP contribution in [0.5, 0.6) is 0 Å². The van der Waals surface area contributed by atoms with Gasteiger partial charge in [-0.1, -0.05) is 42.5 Å². The Kier molecular flexibility index (Phi) is 7.03. The second kappa shape index (κ2) is 9.89. The Bertz CT molecular complexity index is 980. The van der Waals surface area contributed by atoms with Gasteiger partial charge in [0.25, 0.3) is 0 Å². The van der Waals surface area contributed by atoms with Crippen LogP contribution in [0.3, 0.4) is 0 Å². The second-order valence-corrected chi connectivity index (χ2v) is 6.94. The van der Waals surface area contributed by atoms with Crippen LogP contribution >= 0.6 is 0 Å². The monoisotopic (exact) mass is 393 g/mol. The van der Waals surface area contributed by atoms with E-state index in [1.54, 1.807) is 0 Å². The molecule has 1 atom stereocenters. The number of carbonyl (C=O) groups excluding carboxylic acids is 2. The molecule has 6 heteroatoms. The van der Waals surface area contributed by atoms with E-state index in [1.165, 1.54) is 6.92 Å². The van der Waals surface area contributed by atoms with Crippen molar-refractivity contribution in [3.8, 4) is 0 Å². The van der Waals surface area contributed by atoms with E-state index < -0.39 is 6.04 Å². The molecule has 1 aromatic heterocycles. The van der Waals surface area contributed by atoms with E-state index in [0.29, 0.717) is 26.2 Å². The third-order valence-electron chi connectivity index (χ3n) is 4.83. The Morgan fingerprint density at radius 1 is 1.03 bits per heavy atom. The summed E-state index contributed by atoms with van der Waals surface area (Å²) in [5.41, 5.74) is 4.05. The fraction of sp³-hybridized carbons (Fsp3) is 0.304. The summed E-state index contributed by atoms with van der Waals surface area (Å²) >= 11 is 0. The van der Waals surface area contributed by atoms with Gasteiger partial charge >= 0.3 is 0 Å². The fourth-order valence-electron chi connectivity index (χ4n) is 3.36. The number of para-hydroxylation sites is 1. The third-order valence-corrected chi connectivity index (χ3v) is 4.83. The minimum absolute atomic E-state index is 0.211. The number of rotatable bonds is 9. The highest BCUT2D eigenvalue weighted by atomic mass is 16.5. The third kappa shape index (κ3) is 5.45. The van der Waals surface area contributed by atoms with E-state index in [2.05, 4.69) is 15.6 Å². The lowest BCUT2D eigenvalue weighted by molar-refractivity contribution is -0.128. The fourth-order valence-corrected chi connectivity index (χ4v) is 3.36. The average molecular weight is 393 g/mol. The molecule has 0 saturated heterocycles. The minimum Gasteiger partial charge on any atom is -0.377 e. The zero-order valence-electron chi connectivity index (χ0n) is 16.8. The lowest BCUT2D eigenvalue weighted by Gasteiger charge is -2.18. The summed E-state index contributed by atoms with van der Waals surface area (Å²) in [6.07, 6.45) is 2.31. The molecule has 3 N–H and O–H groups in total. The van der Waals surface area contributed by atoms with Crippen molar-refractivity contribution in [3.63, 3.8) is 0 Å². The summed E-state index contributed by atoms with van der Waals surface area (Å²) < 4.78 is 5.50. The Hall–Kier alpha value is -3.12. The summed E-state index contributed by atoms with van der Waals surface area (Å²) in [4.78, 5) is 27.8. The van der Waals surface area contributed by atoms with Crippen molar-refractivity contribution in [1.29, 1.82) is 0 Å². The lowest BCUT2D eigenvalue weighted by atomic mass is 10.0. The highest BCUT2D eigenvalue weighted by Gasteiger charge is 2.21. The van der Waals surface area contributed by atoms with Crippen LogP contribution in [0.2, 0.25) is 0 Å². The van der Waals surface area contributed by atoms with Gasteiger partial charge in [-0.2, -0.15) is 0 Å². The van der Waals surface area contributed by atoms with Crippen LogP contribution in [0.15, 0.2) is 54.7 Å². The molecular formula is C23H27N3O3. The van der Waals surface area contributed by atoms with Gasteiger partial charge in [-0.05, 0) is 29.7 Å². The number of benzene rings is 2. The molecule has 0 spiro atoms. The van der Waals surface area contributed by atoms with Crippen molar-refractivity contribution in [3.05, 3.63) is 71.4 Å².